The Hall–Kier alpha value is -3.81. The molecule has 6 nitrogen and oxygen atoms in total. The van der Waals surface area contributed by atoms with E-state index in [2.05, 4.69) is 9.88 Å². The highest BCUT2D eigenvalue weighted by Gasteiger charge is 2.36. The van der Waals surface area contributed by atoms with Gasteiger partial charge in [-0.25, -0.2) is 0 Å². The first kappa shape index (κ1) is 26.8. The van der Waals surface area contributed by atoms with Gasteiger partial charge < -0.3 is 9.88 Å². The van der Waals surface area contributed by atoms with Crippen LogP contribution in [0.1, 0.15) is 33.5 Å². The molecule has 0 unspecified atom stereocenters. The van der Waals surface area contributed by atoms with E-state index in [0.717, 1.165) is 61.1 Å². The van der Waals surface area contributed by atoms with Crippen LogP contribution in [0.3, 0.4) is 0 Å². The van der Waals surface area contributed by atoms with Gasteiger partial charge in [0.15, 0.2) is 0 Å². The Morgan fingerprint density at radius 3 is 2.36 bits per heavy atom. The number of amides is 3. The van der Waals surface area contributed by atoms with Gasteiger partial charge in [0.1, 0.15) is 6.54 Å². The van der Waals surface area contributed by atoms with Gasteiger partial charge in [0.05, 0.1) is 4.91 Å². The normalized spacial score (nSPS) is 14.6. The van der Waals surface area contributed by atoms with Crippen LogP contribution in [0, 0.1) is 27.7 Å². The van der Waals surface area contributed by atoms with Crippen LogP contribution in [0.5, 0.6) is 0 Å². The standard InChI is InChI=1S/C31H28ClN3O3S/c1-18-13-19(2)29(20(3)14-18)33-28(36)17-35-30(37)27(39-31(35)38)15-24-21(4)34(26-12-8-6-10-23(24)26)16-22-9-5-7-11-25(22)32/h5-15H,16-17H2,1-4H3,(H,33,36)/b27-15-. The summed E-state index contributed by atoms with van der Waals surface area (Å²) in [7, 11) is 0. The van der Waals surface area contributed by atoms with Gasteiger partial charge in [0, 0.05) is 39.4 Å². The smallest absolute Gasteiger partial charge is 0.294 e. The molecule has 3 aromatic carbocycles. The van der Waals surface area contributed by atoms with Crippen LogP contribution >= 0.6 is 23.4 Å². The van der Waals surface area contributed by atoms with Gasteiger partial charge in [-0.15, -0.1) is 0 Å². The molecule has 1 N–H and O–H groups in total. The van der Waals surface area contributed by atoms with E-state index in [9.17, 15) is 14.4 Å². The number of hydrogen-bond acceptors (Lipinski definition) is 4. The SMILES string of the molecule is Cc1cc(C)c(NC(=O)CN2C(=O)S/C(=C\c3c(C)n(Cc4ccccc4Cl)c4ccccc34)C2=O)c(C)c1. The second-order valence-corrected chi connectivity index (χ2v) is 11.2. The first-order valence-electron chi connectivity index (χ1n) is 12.6. The predicted molar refractivity (Wildman–Crippen MR) is 159 cm³/mol. The van der Waals surface area contributed by atoms with E-state index in [4.69, 9.17) is 11.6 Å². The Kier molecular flexibility index (Phi) is 7.38. The minimum Gasteiger partial charge on any atom is -0.340 e. The number of imide groups is 1. The first-order valence-corrected chi connectivity index (χ1v) is 13.8. The molecular formula is C31H28ClN3O3S. The number of rotatable bonds is 6. The molecule has 1 aliphatic rings. The summed E-state index contributed by atoms with van der Waals surface area (Å²) >= 11 is 7.30. The van der Waals surface area contributed by atoms with Crippen LogP contribution in [0.2, 0.25) is 5.02 Å². The summed E-state index contributed by atoms with van der Waals surface area (Å²) in [5.74, 6) is -0.888. The molecule has 0 atom stereocenters. The summed E-state index contributed by atoms with van der Waals surface area (Å²) in [6.45, 7) is 8.05. The van der Waals surface area contributed by atoms with Crippen molar-refractivity contribution in [1.29, 1.82) is 0 Å². The number of halogens is 1. The number of nitrogens with one attached hydrogen (secondary N) is 1. The number of hydrogen-bond donors (Lipinski definition) is 1. The summed E-state index contributed by atoms with van der Waals surface area (Å²) in [5.41, 5.74) is 7.46. The first-order chi connectivity index (χ1) is 18.6. The number of carbonyl (C=O) groups is 3. The molecule has 198 valence electrons. The van der Waals surface area contributed by atoms with Crippen molar-refractivity contribution < 1.29 is 14.4 Å². The van der Waals surface area contributed by atoms with Gasteiger partial charge in [0.25, 0.3) is 11.1 Å². The average molecular weight is 558 g/mol. The van der Waals surface area contributed by atoms with Crippen molar-refractivity contribution in [2.45, 2.75) is 34.2 Å². The number of aryl methyl sites for hydroxylation is 3. The van der Waals surface area contributed by atoms with Crippen molar-refractivity contribution in [3.05, 3.63) is 104 Å². The second kappa shape index (κ2) is 10.8. The van der Waals surface area contributed by atoms with Crippen LogP contribution in [-0.2, 0) is 16.1 Å². The fraction of sp³-hybridized carbons (Fsp3) is 0.194. The van der Waals surface area contributed by atoms with E-state index >= 15 is 0 Å². The van der Waals surface area contributed by atoms with Gasteiger partial charge in [-0.05, 0) is 74.4 Å². The van der Waals surface area contributed by atoms with E-state index in [-0.39, 0.29) is 6.54 Å². The van der Waals surface area contributed by atoms with Gasteiger partial charge in [-0.1, -0.05) is 65.7 Å². The molecule has 1 aromatic heterocycles. The third kappa shape index (κ3) is 5.24. The van der Waals surface area contributed by atoms with Crippen LogP contribution in [0.4, 0.5) is 10.5 Å². The Balaban J connectivity index is 1.42. The largest absolute Gasteiger partial charge is 0.340 e. The molecule has 1 saturated heterocycles. The second-order valence-electron chi connectivity index (χ2n) is 9.78. The fourth-order valence-corrected chi connectivity index (χ4v) is 6.12. The Morgan fingerprint density at radius 2 is 1.64 bits per heavy atom. The minimum atomic E-state index is -0.472. The third-order valence-corrected chi connectivity index (χ3v) is 8.23. The van der Waals surface area contributed by atoms with Crippen molar-refractivity contribution >= 4 is 63.1 Å². The molecule has 0 aliphatic carbocycles. The molecule has 39 heavy (non-hydrogen) atoms. The highest BCUT2D eigenvalue weighted by atomic mass is 35.5. The Labute approximate surface area is 236 Å². The number of nitrogens with zero attached hydrogens (tertiary/aromatic N) is 2. The van der Waals surface area contributed by atoms with Crippen molar-refractivity contribution in [2.24, 2.45) is 0 Å². The molecule has 0 radical (unpaired) electrons. The van der Waals surface area contributed by atoms with Crippen LogP contribution < -0.4 is 5.32 Å². The maximum Gasteiger partial charge on any atom is 0.294 e. The Morgan fingerprint density at radius 1 is 0.974 bits per heavy atom. The van der Waals surface area contributed by atoms with Gasteiger partial charge in [-0.2, -0.15) is 0 Å². The molecule has 2 heterocycles. The van der Waals surface area contributed by atoms with E-state index in [1.165, 1.54) is 0 Å². The quantitative estimate of drug-likeness (QED) is 0.253. The van der Waals surface area contributed by atoms with Gasteiger partial charge in [0.2, 0.25) is 5.91 Å². The lowest BCUT2D eigenvalue weighted by Crippen LogP contribution is -2.36. The maximum atomic E-state index is 13.3. The van der Waals surface area contributed by atoms with E-state index < -0.39 is 17.1 Å². The number of carbonyl (C=O) groups excluding carboxylic acids is 3. The lowest BCUT2D eigenvalue weighted by Gasteiger charge is -2.15. The number of aromatic nitrogens is 1. The summed E-state index contributed by atoms with van der Waals surface area (Å²) in [5, 5.41) is 4.07. The van der Waals surface area contributed by atoms with Crippen LogP contribution in [-0.4, -0.2) is 33.1 Å². The summed E-state index contributed by atoms with van der Waals surface area (Å²) in [6.07, 6.45) is 1.76. The number of benzene rings is 3. The molecular weight excluding hydrogens is 530 g/mol. The number of fused-ring (bicyclic) bond motifs is 1. The van der Waals surface area contributed by atoms with Gasteiger partial charge in [-0.3, -0.25) is 19.3 Å². The molecule has 3 amide bonds. The summed E-state index contributed by atoms with van der Waals surface area (Å²) in [6, 6.07) is 19.6. The number of thioether (sulfide) groups is 1. The highest BCUT2D eigenvalue weighted by molar-refractivity contribution is 8.18. The molecule has 5 rings (SSSR count). The van der Waals surface area contributed by atoms with Crippen molar-refractivity contribution in [3.8, 4) is 0 Å². The predicted octanol–water partition coefficient (Wildman–Crippen LogP) is 7.25. The Bertz CT molecular complexity index is 1660. The summed E-state index contributed by atoms with van der Waals surface area (Å²) in [4.78, 5) is 40.2. The number of para-hydroxylation sites is 1. The summed E-state index contributed by atoms with van der Waals surface area (Å²) < 4.78 is 2.16. The van der Waals surface area contributed by atoms with E-state index in [0.29, 0.717) is 22.2 Å². The lowest BCUT2D eigenvalue weighted by molar-refractivity contribution is -0.127. The van der Waals surface area contributed by atoms with Crippen molar-refractivity contribution in [3.63, 3.8) is 0 Å². The van der Waals surface area contributed by atoms with Gasteiger partial charge >= 0.3 is 0 Å². The molecule has 8 heteroatoms. The van der Waals surface area contributed by atoms with E-state index in [1.54, 1.807) is 6.08 Å². The third-order valence-electron chi connectivity index (χ3n) is 6.96. The maximum absolute atomic E-state index is 13.3. The topological polar surface area (TPSA) is 71.4 Å². The number of anilines is 1. The highest BCUT2D eigenvalue weighted by Crippen LogP contribution is 2.36. The molecule has 0 spiro atoms. The zero-order valence-electron chi connectivity index (χ0n) is 22.2. The fourth-order valence-electron chi connectivity index (χ4n) is 5.11. The monoisotopic (exact) mass is 557 g/mol. The van der Waals surface area contributed by atoms with Crippen LogP contribution in [0.25, 0.3) is 17.0 Å². The van der Waals surface area contributed by atoms with E-state index in [1.807, 2.05) is 88.4 Å². The van der Waals surface area contributed by atoms with Crippen molar-refractivity contribution in [1.82, 2.24) is 9.47 Å². The zero-order valence-corrected chi connectivity index (χ0v) is 23.7. The molecule has 1 fully saturated rings. The molecule has 4 aromatic rings. The molecule has 0 bridgehead atoms. The molecule has 0 saturated carbocycles. The zero-order chi connectivity index (χ0) is 27.8. The molecule has 1 aliphatic heterocycles. The van der Waals surface area contributed by atoms with Crippen molar-refractivity contribution in [2.75, 3.05) is 11.9 Å². The van der Waals surface area contributed by atoms with Crippen LogP contribution in [0.15, 0.2) is 65.6 Å². The lowest BCUT2D eigenvalue weighted by atomic mass is 10.1. The minimum absolute atomic E-state index is 0.291. The average Bonchev–Trinajstić information content (AvgIpc) is 3.30.